The molecule has 2 aliphatic heterocycles. The normalized spacial score (nSPS) is 24.0. The fourth-order valence-electron chi connectivity index (χ4n) is 1.07. The molecule has 0 amide bonds. The van der Waals surface area contributed by atoms with Gasteiger partial charge in [-0.25, -0.2) is 0 Å². The second-order valence-electron chi connectivity index (χ2n) is 2.14. The average Bonchev–Trinajstić information content (AvgIpc) is 2.33. The third kappa shape index (κ3) is 0.874. The molecule has 0 atom stereocenters. The molecule has 0 N–H and O–H groups in total. The molecule has 2 rings (SSSR count). The first-order valence-corrected chi connectivity index (χ1v) is 4.09. The summed E-state index contributed by atoms with van der Waals surface area (Å²) in [4.78, 5) is 1.35. The maximum Gasteiger partial charge on any atom is 0.106 e. The zero-order chi connectivity index (χ0) is 6.10. The van der Waals surface area contributed by atoms with Gasteiger partial charge in [-0.2, -0.15) is 0 Å². The fraction of sp³-hybridized carbons (Fsp3) is 0.429. The number of hydrogen-bond donors (Lipinski definition) is 0. The molecule has 9 heavy (non-hydrogen) atoms. The van der Waals surface area contributed by atoms with Crippen LogP contribution in [0.1, 0.15) is 6.42 Å². The van der Waals surface area contributed by atoms with Crippen molar-refractivity contribution >= 4 is 11.8 Å². The largest absolute Gasteiger partial charge is 0.496 e. The van der Waals surface area contributed by atoms with E-state index in [1.807, 2.05) is 18.0 Å². The van der Waals surface area contributed by atoms with E-state index in [-0.39, 0.29) is 0 Å². The molecule has 0 saturated carbocycles. The molecule has 0 aromatic rings. The zero-order valence-corrected chi connectivity index (χ0v) is 5.91. The van der Waals surface area contributed by atoms with Crippen LogP contribution in [0, 0.1) is 0 Å². The van der Waals surface area contributed by atoms with Crippen molar-refractivity contribution in [3.05, 3.63) is 22.8 Å². The highest BCUT2D eigenvalue weighted by molar-refractivity contribution is 8.03. The first-order chi connectivity index (χ1) is 4.47. The van der Waals surface area contributed by atoms with Gasteiger partial charge in [0.05, 0.1) is 6.26 Å². The van der Waals surface area contributed by atoms with Crippen molar-refractivity contribution in [1.82, 2.24) is 0 Å². The summed E-state index contributed by atoms with van der Waals surface area (Å²) in [6.07, 6.45) is 5.29. The molecule has 1 fully saturated rings. The number of allylic oxidation sites excluding steroid dienone is 1. The first kappa shape index (κ1) is 5.42. The predicted molar refractivity (Wildman–Crippen MR) is 39.2 cm³/mol. The van der Waals surface area contributed by atoms with Crippen LogP contribution in [-0.4, -0.2) is 12.4 Å². The molecule has 0 spiro atoms. The van der Waals surface area contributed by atoms with Gasteiger partial charge in [-0.3, -0.25) is 0 Å². The Morgan fingerprint density at radius 2 is 2.56 bits per heavy atom. The van der Waals surface area contributed by atoms with Crippen molar-refractivity contribution in [1.29, 1.82) is 0 Å². The summed E-state index contributed by atoms with van der Waals surface area (Å²) < 4.78 is 5.12. The number of hydrogen-bond acceptors (Lipinski definition) is 2. The molecule has 0 aliphatic carbocycles. The Labute approximate surface area is 58.8 Å². The minimum absolute atomic E-state index is 0.777. The van der Waals surface area contributed by atoms with Gasteiger partial charge < -0.3 is 4.74 Å². The molecule has 0 bridgehead atoms. The van der Waals surface area contributed by atoms with Crippen LogP contribution in [0.5, 0.6) is 0 Å². The molecular weight excluding hydrogens is 132 g/mol. The molecule has 2 aliphatic rings. The topological polar surface area (TPSA) is 9.23 Å². The molecule has 2 heteroatoms. The van der Waals surface area contributed by atoms with Crippen LogP contribution >= 0.6 is 11.8 Å². The molecule has 0 aromatic carbocycles. The Morgan fingerprint density at radius 1 is 1.56 bits per heavy atom. The summed E-state index contributed by atoms with van der Waals surface area (Å²) in [6, 6.07) is 0. The van der Waals surface area contributed by atoms with Crippen LogP contribution in [0.4, 0.5) is 0 Å². The van der Waals surface area contributed by atoms with Crippen molar-refractivity contribution in [3.63, 3.8) is 0 Å². The van der Waals surface area contributed by atoms with E-state index < -0.39 is 0 Å². The van der Waals surface area contributed by atoms with Gasteiger partial charge in [0.2, 0.25) is 0 Å². The Morgan fingerprint density at radius 3 is 3.44 bits per heavy atom. The quantitative estimate of drug-likeness (QED) is 0.508. The summed E-state index contributed by atoms with van der Waals surface area (Å²) in [7, 11) is 0. The third-order valence-electron chi connectivity index (χ3n) is 1.56. The molecule has 0 radical (unpaired) electrons. The van der Waals surface area contributed by atoms with Gasteiger partial charge in [0.15, 0.2) is 0 Å². The van der Waals surface area contributed by atoms with E-state index in [0.717, 1.165) is 6.61 Å². The third-order valence-corrected chi connectivity index (χ3v) is 2.64. The Bertz CT molecular complexity index is 161. The second kappa shape index (κ2) is 2.10. The van der Waals surface area contributed by atoms with E-state index >= 15 is 0 Å². The van der Waals surface area contributed by atoms with Crippen molar-refractivity contribution < 1.29 is 4.74 Å². The molecule has 1 saturated heterocycles. The number of thioether (sulfide) groups is 1. The van der Waals surface area contributed by atoms with Gasteiger partial charge >= 0.3 is 0 Å². The Hall–Kier alpha value is -0.370. The average molecular weight is 140 g/mol. The molecule has 0 aromatic heterocycles. The van der Waals surface area contributed by atoms with E-state index in [1.54, 1.807) is 0 Å². The maximum absolute atomic E-state index is 5.12. The molecule has 2 heterocycles. The van der Waals surface area contributed by atoms with Crippen LogP contribution in [0.25, 0.3) is 0 Å². The monoisotopic (exact) mass is 140 g/mol. The minimum Gasteiger partial charge on any atom is -0.496 e. The molecule has 48 valence electrons. The van der Waals surface area contributed by atoms with Crippen LogP contribution in [0.15, 0.2) is 22.8 Å². The van der Waals surface area contributed by atoms with Gasteiger partial charge in [-0.1, -0.05) is 0 Å². The van der Waals surface area contributed by atoms with E-state index in [1.165, 1.54) is 22.7 Å². The summed E-state index contributed by atoms with van der Waals surface area (Å²) in [6.45, 7) is 0.777. The van der Waals surface area contributed by atoms with Gasteiger partial charge in [0, 0.05) is 10.7 Å². The predicted octanol–water partition coefficient (Wildman–Crippen LogP) is 1.92. The highest BCUT2D eigenvalue weighted by atomic mass is 32.2. The summed E-state index contributed by atoms with van der Waals surface area (Å²) in [5.74, 6) is 1.24. The van der Waals surface area contributed by atoms with E-state index in [2.05, 4.69) is 6.08 Å². The maximum atomic E-state index is 5.12. The summed E-state index contributed by atoms with van der Waals surface area (Å²) in [5.41, 5.74) is 1.49. The molecular formula is C7H8OS. The smallest absolute Gasteiger partial charge is 0.106 e. The van der Waals surface area contributed by atoms with Crippen LogP contribution in [-0.2, 0) is 4.74 Å². The second-order valence-corrected chi connectivity index (χ2v) is 3.28. The lowest BCUT2D eigenvalue weighted by Gasteiger charge is -2.06. The highest BCUT2D eigenvalue weighted by Crippen LogP contribution is 2.36. The van der Waals surface area contributed by atoms with E-state index in [4.69, 9.17) is 4.74 Å². The summed E-state index contributed by atoms with van der Waals surface area (Å²) >= 11 is 1.89. The lowest BCUT2D eigenvalue weighted by Crippen LogP contribution is -1.92. The standard InChI is InChI=1S/C7H8OS/c1-3-8-5-7-6(1)2-4-9-7/h1,5H,2-4H2. The van der Waals surface area contributed by atoms with Crippen LogP contribution in [0.2, 0.25) is 0 Å². The van der Waals surface area contributed by atoms with Crippen molar-refractivity contribution in [2.24, 2.45) is 0 Å². The number of ether oxygens (including phenoxy) is 1. The Balaban J connectivity index is 2.30. The fourth-order valence-corrected chi connectivity index (χ4v) is 2.12. The van der Waals surface area contributed by atoms with Crippen molar-refractivity contribution in [3.8, 4) is 0 Å². The lowest BCUT2D eigenvalue weighted by molar-refractivity contribution is 0.283. The minimum atomic E-state index is 0.777. The van der Waals surface area contributed by atoms with Gasteiger partial charge in [-0.05, 0) is 18.1 Å². The molecule has 0 unspecified atom stereocenters. The zero-order valence-electron chi connectivity index (χ0n) is 5.09. The first-order valence-electron chi connectivity index (χ1n) is 3.11. The summed E-state index contributed by atoms with van der Waals surface area (Å²) in [5, 5.41) is 0. The SMILES string of the molecule is C1=C2CCSC2=COC1. The number of fused-ring (bicyclic) bond motifs is 1. The van der Waals surface area contributed by atoms with Gasteiger partial charge in [-0.15, -0.1) is 11.8 Å². The van der Waals surface area contributed by atoms with E-state index in [9.17, 15) is 0 Å². The highest BCUT2D eigenvalue weighted by Gasteiger charge is 2.15. The number of rotatable bonds is 0. The van der Waals surface area contributed by atoms with E-state index in [0.29, 0.717) is 0 Å². The Kier molecular flexibility index (Phi) is 1.27. The van der Waals surface area contributed by atoms with Crippen molar-refractivity contribution in [2.45, 2.75) is 6.42 Å². The molecule has 1 nitrogen and oxygen atoms in total. The lowest BCUT2D eigenvalue weighted by atomic mass is 10.2. The van der Waals surface area contributed by atoms with Crippen LogP contribution in [0.3, 0.4) is 0 Å². The van der Waals surface area contributed by atoms with Crippen molar-refractivity contribution in [2.75, 3.05) is 12.4 Å². The van der Waals surface area contributed by atoms with Gasteiger partial charge in [0.1, 0.15) is 6.61 Å². The van der Waals surface area contributed by atoms with Crippen LogP contribution < -0.4 is 0 Å². The van der Waals surface area contributed by atoms with Gasteiger partial charge in [0.25, 0.3) is 0 Å².